The maximum atomic E-state index is 6.05. The normalized spacial score (nSPS) is 10.9. The van der Waals surface area contributed by atoms with Gasteiger partial charge in [-0.15, -0.1) is 0 Å². The topological polar surface area (TPSA) is 25.2 Å². The Morgan fingerprint density at radius 3 is 2.52 bits per heavy atom. The zero-order valence-electron chi connectivity index (χ0n) is 12.4. The molecule has 0 aliphatic carbocycles. The molecule has 0 saturated carbocycles. The van der Waals surface area contributed by atoms with E-state index in [4.69, 9.17) is 4.42 Å². The average molecular weight is 279 g/mol. The van der Waals surface area contributed by atoms with Gasteiger partial charge in [0.2, 0.25) is 0 Å². The Bertz CT molecular complexity index is 700. The van der Waals surface area contributed by atoms with Crippen LogP contribution < -0.4 is 5.32 Å². The molecule has 0 saturated heterocycles. The van der Waals surface area contributed by atoms with Gasteiger partial charge in [-0.1, -0.05) is 49.7 Å². The van der Waals surface area contributed by atoms with E-state index in [-0.39, 0.29) is 0 Å². The van der Waals surface area contributed by atoms with Crippen LogP contribution in [0.1, 0.15) is 31.1 Å². The molecular formula is C19H21NO. The van der Waals surface area contributed by atoms with E-state index in [0.717, 1.165) is 36.4 Å². The van der Waals surface area contributed by atoms with Crippen LogP contribution in [0.25, 0.3) is 11.0 Å². The third-order valence-electron chi connectivity index (χ3n) is 3.78. The number of para-hydroxylation sites is 2. The molecule has 0 spiro atoms. The number of hydrogen-bond acceptors (Lipinski definition) is 2. The second-order valence-corrected chi connectivity index (χ2v) is 5.32. The van der Waals surface area contributed by atoms with Gasteiger partial charge in [-0.25, -0.2) is 0 Å². The highest BCUT2D eigenvalue weighted by Crippen LogP contribution is 2.28. The van der Waals surface area contributed by atoms with Crippen molar-refractivity contribution < 1.29 is 4.42 Å². The molecule has 0 aliphatic heterocycles. The van der Waals surface area contributed by atoms with Crippen LogP contribution in [-0.2, 0) is 13.0 Å². The van der Waals surface area contributed by atoms with Crippen molar-refractivity contribution in [2.45, 2.75) is 32.7 Å². The maximum Gasteiger partial charge on any atom is 0.134 e. The van der Waals surface area contributed by atoms with E-state index in [1.54, 1.807) is 0 Å². The number of furan rings is 1. The molecule has 3 rings (SSSR count). The average Bonchev–Trinajstić information content (AvgIpc) is 2.89. The summed E-state index contributed by atoms with van der Waals surface area (Å²) in [6.45, 7) is 3.02. The third kappa shape index (κ3) is 3.10. The van der Waals surface area contributed by atoms with Crippen molar-refractivity contribution >= 4 is 16.7 Å². The van der Waals surface area contributed by atoms with Crippen molar-refractivity contribution in [3.05, 3.63) is 65.9 Å². The van der Waals surface area contributed by atoms with Crippen LogP contribution >= 0.6 is 0 Å². The molecule has 1 aromatic heterocycles. The molecule has 2 nitrogen and oxygen atoms in total. The number of benzene rings is 2. The van der Waals surface area contributed by atoms with Gasteiger partial charge in [0, 0.05) is 29.6 Å². The van der Waals surface area contributed by atoms with Gasteiger partial charge in [-0.05, 0) is 24.6 Å². The number of anilines is 1. The minimum absolute atomic E-state index is 0.806. The number of unbranched alkanes of at least 4 members (excludes halogenated alkanes) is 1. The van der Waals surface area contributed by atoms with Crippen molar-refractivity contribution in [2.75, 3.05) is 5.32 Å². The highest BCUT2D eigenvalue weighted by atomic mass is 16.3. The largest absolute Gasteiger partial charge is 0.461 e. The summed E-state index contributed by atoms with van der Waals surface area (Å²) < 4.78 is 6.05. The van der Waals surface area contributed by atoms with E-state index < -0.39 is 0 Å². The lowest BCUT2D eigenvalue weighted by molar-refractivity contribution is 0.531. The summed E-state index contributed by atoms with van der Waals surface area (Å²) in [6.07, 6.45) is 3.36. The zero-order chi connectivity index (χ0) is 14.5. The Kier molecular flexibility index (Phi) is 4.25. The second-order valence-electron chi connectivity index (χ2n) is 5.32. The molecule has 0 aliphatic rings. The molecule has 3 aromatic rings. The molecule has 0 bridgehead atoms. The van der Waals surface area contributed by atoms with Crippen molar-refractivity contribution in [1.29, 1.82) is 0 Å². The molecule has 108 valence electrons. The van der Waals surface area contributed by atoms with Crippen LogP contribution in [0.3, 0.4) is 0 Å². The van der Waals surface area contributed by atoms with E-state index in [1.165, 1.54) is 17.4 Å². The summed E-state index contributed by atoms with van der Waals surface area (Å²) >= 11 is 0. The van der Waals surface area contributed by atoms with Gasteiger partial charge in [-0.2, -0.15) is 0 Å². The van der Waals surface area contributed by atoms with E-state index in [2.05, 4.69) is 42.6 Å². The molecule has 2 aromatic carbocycles. The van der Waals surface area contributed by atoms with Crippen LogP contribution in [0.2, 0.25) is 0 Å². The van der Waals surface area contributed by atoms with Crippen LogP contribution in [0, 0.1) is 0 Å². The second kappa shape index (κ2) is 6.49. The minimum Gasteiger partial charge on any atom is -0.461 e. The smallest absolute Gasteiger partial charge is 0.134 e. The lowest BCUT2D eigenvalue weighted by atomic mass is 10.1. The van der Waals surface area contributed by atoms with E-state index in [1.807, 2.05) is 24.3 Å². The van der Waals surface area contributed by atoms with E-state index >= 15 is 0 Å². The lowest BCUT2D eigenvalue weighted by Gasteiger charge is -2.07. The van der Waals surface area contributed by atoms with Gasteiger partial charge in [0.05, 0.1) is 0 Å². The maximum absolute atomic E-state index is 6.05. The molecule has 0 unspecified atom stereocenters. The third-order valence-corrected chi connectivity index (χ3v) is 3.78. The Morgan fingerprint density at radius 2 is 1.71 bits per heavy atom. The number of rotatable bonds is 6. The first-order valence-corrected chi connectivity index (χ1v) is 7.66. The van der Waals surface area contributed by atoms with Crippen molar-refractivity contribution in [3.63, 3.8) is 0 Å². The van der Waals surface area contributed by atoms with Crippen LogP contribution in [0.15, 0.2) is 59.0 Å². The van der Waals surface area contributed by atoms with Gasteiger partial charge >= 0.3 is 0 Å². The van der Waals surface area contributed by atoms with Gasteiger partial charge in [0.1, 0.15) is 11.3 Å². The molecule has 0 amide bonds. The van der Waals surface area contributed by atoms with Crippen LogP contribution in [-0.4, -0.2) is 0 Å². The Balaban J connectivity index is 1.87. The molecule has 0 atom stereocenters. The number of fused-ring (bicyclic) bond motifs is 1. The SMILES string of the molecule is CCCCc1oc2ccccc2c1CNc1ccccc1. The van der Waals surface area contributed by atoms with Gasteiger partial charge < -0.3 is 9.73 Å². The Morgan fingerprint density at radius 1 is 0.952 bits per heavy atom. The molecular weight excluding hydrogens is 258 g/mol. The molecule has 0 radical (unpaired) electrons. The summed E-state index contributed by atoms with van der Waals surface area (Å²) in [4.78, 5) is 0. The van der Waals surface area contributed by atoms with Crippen LogP contribution in [0.5, 0.6) is 0 Å². The highest BCUT2D eigenvalue weighted by molar-refractivity contribution is 5.82. The van der Waals surface area contributed by atoms with Crippen molar-refractivity contribution in [1.82, 2.24) is 0 Å². The first-order chi connectivity index (χ1) is 10.4. The standard InChI is InChI=1S/C19H21NO/c1-2-3-12-19-17(14-20-15-9-5-4-6-10-15)16-11-7-8-13-18(16)21-19/h4-11,13,20H,2-3,12,14H2,1H3. The fourth-order valence-corrected chi connectivity index (χ4v) is 2.63. The molecule has 1 N–H and O–H groups in total. The highest BCUT2D eigenvalue weighted by Gasteiger charge is 2.13. The molecule has 2 heteroatoms. The summed E-state index contributed by atoms with van der Waals surface area (Å²) in [5, 5.41) is 4.72. The fourth-order valence-electron chi connectivity index (χ4n) is 2.63. The molecule has 21 heavy (non-hydrogen) atoms. The van der Waals surface area contributed by atoms with Gasteiger partial charge in [-0.3, -0.25) is 0 Å². The Hall–Kier alpha value is -2.22. The quantitative estimate of drug-likeness (QED) is 0.654. The molecule has 0 fully saturated rings. The summed E-state index contributed by atoms with van der Waals surface area (Å²) in [7, 11) is 0. The predicted molar refractivity (Wildman–Crippen MR) is 88.6 cm³/mol. The Labute approximate surface area is 125 Å². The van der Waals surface area contributed by atoms with E-state index in [9.17, 15) is 0 Å². The van der Waals surface area contributed by atoms with E-state index in [0.29, 0.717) is 0 Å². The molecule has 1 heterocycles. The monoisotopic (exact) mass is 279 g/mol. The van der Waals surface area contributed by atoms with Crippen LogP contribution in [0.4, 0.5) is 5.69 Å². The first-order valence-electron chi connectivity index (χ1n) is 7.66. The fraction of sp³-hybridized carbons (Fsp3) is 0.263. The van der Waals surface area contributed by atoms with Gasteiger partial charge in [0.25, 0.3) is 0 Å². The summed E-state index contributed by atoms with van der Waals surface area (Å²) in [5.74, 6) is 1.13. The lowest BCUT2D eigenvalue weighted by Crippen LogP contribution is -2.01. The van der Waals surface area contributed by atoms with Crippen molar-refractivity contribution in [3.8, 4) is 0 Å². The number of nitrogens with one attached hydrogen (secondary N) is 1. The summed E-state index contributed by atoms with van der Waals surface area (Å²) in [5.41, 5.74) is 3.43. The number of hydrogen-bond donors (Lipinski definition) is 1. The van der Waals surface area contributed by atoms with Gasteiger partial charge in [0.15, 0.2) is 0 Å². The number of aryl methyl sites for hydroxylation is 1. The summed E-state index contributed by atoms with van der Waals surface area (Å²) in [6, 6.07) is 18.6. The zero-order valence-corrected chi connectivity index (χ0v) is 12.4. The van der Waals surface area contributed by atoms with Crippen molar-refractivity contribution in [2.24, 2.45) is 0 Å². The predicted octanol–water partition coefficient (Wildman–Crippen LogP) is 5.39. The first kappa shape index (κ1) is 13.7. The minimum atomic E-state index is 0.806.